The second-order valence-electron chi connectivity index (χ2n) is 5.15. The van der Waals surface area contributed by atoms with Crippen LogP contribution in [0.15, 0.2) is 42.5 Å². The summed E-state index contributed by atoms with van der Waals surface area (Å²) in [6.07, 6.45) is 5.56. The Kier molecular flexibility index (Phi) is 5.94. The standard InChI is InChI=1S/C18H20ClNO/c1-2-3-4-6-9-14-12-13-16(19)20-17(14)18(21)15-10-7-5-8-11-15/h5,7-8,10-13H,2-4,6,9H2,1H3. The first-order chi connectivity index (χ1) is 10.2. The third-order valence-corrected chi connectivity index (χ3v) is 3.71. The molecule has 0 atom stereocenters. The number of benzene rings is 1. The van der Waals surface area contributed by atoms with Crippen LogP contribution < -0.4 is 0 Å². The molecule has 110 valence electrons. The van der Waals surface area contributed by atoms with Crippen molar-refractivity contribution in [2.75, 3.05) is 0 Å². The smallest absolute Gasteiger partial charge is 0.211 e. The SMILES string of the molecule is CCCCCCc1ccc(Cl)nc1C(=O)c1ccccc1. The van der Waals surface area contributed by atoms with Crippen molar-refractivity contribution in [1.82, 2.24) is 4.98 Å². The highest BCUT2D eigenvalue weighted by Gasteiger charge is 2.15. The lowest BCUT2D eigenvalue weighted by atomic mass is 9.99. The van der Waals surface area contributed by atoms with Crippen LogP contribution in [-0.2, 0) is 6.42 Å². The summed E-state index contributed by atoms with van der Waals surface area (Å²) >= 11 is 5.97. The lowest BCUT2D eigenvalue weighted by Crippen LogP contribution is -2.08. The molecule has 0 aliphatic rings. The first kappa shape index (κ1) is 15.7. The van der Waals surface area contributed by atoms with Gasteiger partial charge in [-0.05, 0) is 24.5 Å². The molecule has 0 fully saturated rings. The number of hydrogen-bond acceptors (Lipinski definition) is 2. The minimum atomic E-state index is -0.0522. The van der Waals surface area contributed by atoms with E-state index in [1.165, 1.54) is 19.3 Å². The molecule has 2 aromatic rings. The van der Waals surface area contributed by atoms with Crippen LogP contribution in [0.3, 0.4) is 0 Å². The molecule has 0 aliphatic heterocycles. The summed E-state index contributed by atoms with van der Waals surface area (Å²) in [6, 6.07) is 12.9. The number of unbranched alkanes of at least 4 members (excludes halogenated alkanes) is 3. The summed E-state index contributed by atoms with van der Waals surface area (Å²) in [5, 5.41) is 0.367. The summed E-state index contributed by atoms with van der Waals surface area (Å²) in [6.45, 7) is 2.19. The summed E-state index contributed by atoms with van der Waals surface area (Å²) in [7, 11) is 0. The fourth-order valence-electron chi connectivity index (χ4n) is 2.33. The van der Waals surface area contributed by atoms with E-state index in [2.05, 4.69) is 11.9 Å². The Balaban J connectivity index is 2.21. The van der Waals surface area contributed by atoms with E-state index in [0.29, 0.717) is 16.4 Å². The normalized spacial score (nSPS) is 10.6. The minimum Gasteiger partial charge on any atom is -0.287 e. The molecular weight excluding hydrogens is 282 g/mol. The van der Waals surface area contributed by atoms with Crippen molar-refractivity contribution in [1.29, 1.82) is 0 Å². The van der Waals surface area contributed by atoms with Gasteiger partial charge in [-0.3, -0.25) is 4.79 Å². The molecule has 0 amide bonds. The molecule has 1 heterocycles. The van der Waals surface area contributed by atoms with Crippen LogP contribution in [0.4, 0.5) is 0 Å². The van der Waals surface area contributed by atoms with E-state index < -0.39 is 0 Å². The van der Waals surface area contributed by atoms with E-state index in [1.807, 2.05) is 36.4 Å². The third-order valence-electron chi connectivity index (χ3n) is 3.50. The largest absolute Gasteiger partial charge is 0.287 e. The number of aryl methyl sites for hydroxylation is 1. The maximum Gasteiger partial charge on any atom is 0.211 e. The molecule has 1 aromatic heterocycles. The quantitative estimate of drug-likeness (QED) is 0.405. The Bertz CT molecular complexity index is 595. The maximum atomic E-state index is 12.6. The lowest BCUT2D eigenvalue weighted by molar-refractivity contribution is 0.103. The van der Waals surface area contributed by atoms with Crippen molar-refractivity contribution in [2.24, 2.45) is 0 Å². The van der Waals surface area contributed by atoms with E-state index in [-0.39, 0.29) is 5.78 Å². The Morgan fingerprint density at radius 2 is 1.81 bits per heavy atom. The minimum absolute atomic E-state index is 0.0522. The second-order valence-corrected chi connectivity index (χ2v) is 5.53. The van der Waals surface area contributed by atoms with E-state index in [9.17, 15) is 4.79 Å². The Hall–Kier alpha value is -1.67. The van der Waals surface area contributed by atoms with Gasteiger partial charge in [0.1, 0.15) is 10.8 Å². The monoisotopic (exact) mass is 301 g/mol. The Morgan fingerprint density at radius 3 is 2.52 bits per heavy atom. The van der Waals surface area contributed by atoms with E-state index in [1.54, 1.807) is 6.07 Å². The molecule has 2 nitrogen and oxygen atoms in total. The maximum absolute atomic E-state index is 12.6. The number of nitrogens with zero attached hydrogens (tertiary/aromatic N) is 1. The number of carbonyl (C=O) groups is 1. The van der Waals surface area contributed by atoms with Crippen molar-refractivity contribution in [2.45, 2.75) is 39.0 Å². The van der Waals surface area contributed by atoms with Crippen LogP contribution in [0.5, 0.6) is 0 Å². The molecule has 0 bridgehead atoms. The predicted molar refractivity (Wildman–Crippen MR) is 87.0 cm³/mol. The van der Waals surface area contributed by atoms with Gasteiger partial charge in [-0.1, -0.05) is 74.2 Å². The number of rotatable bonds is 7. The number of aromatic nitrogens is 1. The molecule has 0 unspecified atom stereocenters. The second kappa shape index (κ2) is 7.94. The van der Waals surface area contributed by atoms with Gasteiger partial charge in [-0.15, -0.1) is 0 Å². The van der Waals surface area contributed by atoms with Crippen molar-refractivity contribution >= 4 is 17.4 Å². The van der Waals surface area contributed by atoms with Gasteiger partial charge in [0.15, 0.2) is 0 Å². The first-order valence-corrected chi connectivity index (χ1v) is 7.85. The predicted octanol–water partition coefficient (Wildman–Crippen LogP) is 5.09. The Morgan fingerprint density at radius 1 is 1.05 bits per heavy atom. The summed E-state index contributed by atoms with van der Waals surface area (Å²) < 4.78 is 0. The zero-order valence-corrected chi connectivity index (χ0v) is 13.1. The number of hydrogen-bond donors (Lipinski definition) is 0. The van der Waals surface area contributed by atoms with Crippen LogP contribution in [0, 0.1) is 0 Å². The van der Waals surface area contributed by atoms with Gasteiger partial charge in [-0.2, -0.15) is 0 Å². The van der Waals surface area contributed by atoms with Gasteiger partial charge < -0.3 is 0 Å². The molecule has 21 heavy (non-hydrogen) atoms. The summed E-state index contributed by atoms with van der Waals surface area (Å²) in [5.74, 6) is -0.0522. The van der Waals surface area contributed by atoms with Crippen LogP contribution in [0.25, 0.3) is 0 Å². The van der Waals surface area contributed by atoms with Gasteiger partial charge in [-0.25, -0.2) is 4.98 Å². The topological polar surface area (TPSA) is 30.0 Å². The molecule has 0 radical (unpaired) electrons. The molecule has 0 aliphatic carbocycles. The summed E-state index contributed by atoms with van der Waals surface area (Å²) in [5.41, 5.74) is 2.14. The highest BCUT2D eigenvalue weighted by molar-refractivity contribution is 6.29. The molecule has 0 N–H and O–H groups in total. The highest BCUT2D eigenvalue weighted by Crippen LogP contribution is 2.18. The lowest BCUT2D eigenvalue weighted by Gasteiger charge is -2.08. The van der Waals surface area contributed by atoms with Crippen molar-refractivity contribution in [3.05, 3.63) is 64.4 Å². The zero-order chi connectivity index (χ0) is 15.1. The van der Waals surface area contributed by atoms with Crippen molar-refractivity contribution in [3.8, 4) is 0 Å². The van der Waals surface area contributed by atoms with Crippen LogP contribution in [0.2, 0.25) is 5.15 Å². The third kappa shape index (κ3) is 4.40. The number of ketones is 1. The fraction of sp³-hybridized carbons (Fsp3) is 0.333. The molecule has 1 aromatic carbocycles. The molecule has 2 rings (SSSR count). The van der Waals surface area contributed by atoms with Gasteiger partial charge in [0.2, 0.25) is 5.78 Å². The first-order valence-electron chi connectivity index (χ1n) is 7.47. The number of halogens is 1. The molecule has 0 saturated carbocycles. The van der Waals surface area contributed by atoms with Gasteiger partial charge >= 0.3 is 0 Å². The van der Waals surface area contributed by atoms with Crippen LogP contribution in [-0.4, -0.2) is 10.8 Å². The van der Waals surface area contributed by atoms with E-state index >= 15 is 0 Å². The molecule has 0 spiro atoms. The highest BCUT2D eigenvalue weighted by atomic mass is 35.5. The molecular formula is C18H20ClNO. The van der Waals surface area contributed by atoms with Gasteiger partial charge in [0, 0.05) is 5.56 Å². The van der Waals surface area contributed by atoms with Crippen LogP contribution in [0.1, 0.15) is 54.2 Å². The Labute approximate surface area is 131 Å². The summed E-state index contributed by atoms with van der Waals surface area (Å²) in [4.78, 5) is 16.9. The fourth-order valence-corrected chi connectivity index (χ4v) is 2.48. The van der Waals surface area contributed by atoms with E-state index in [4.69, 9.17) is 11.6 Å². The molecule has 0 saturated heterocycles. The number of pyridine rings is 1. The van der Waals surface area contributed by atoms with Gasteiger partial charge in [0.05, 0.1) is 0 Å². The van der Waals surface area contributed by atoms with Crippen molar-refractivity contribution in [3.63, 3.8) is 0 Å². The zero-order valence-electron chi connectivity index (χ0n) is 12.3. The average Bonchev–Trinajstić information content (AvgIpc) is 2.53. The van der Waals surface area contributed by atoms with Crippen molar-refractivity contribution < 1.29 is 4.79 Å². The molecule has 3 heteroatoms. The number of carbonyl (C=O) groups excluding carboxylic acids is 1. The van der Waals surface area contributed by atoms with E-state index in [0.717, 1.165) is 18.4 Å². The van der Waals surface area contributed by atoms with Gasteiger partial charge in [0.25, 0.3) is 0 Å². The van der Waals surface area contributed by atoms with Crippen LogP contribution >= 0.6 is 11.6 Å². The average molecular weight is 302 g/mol.